The van der Waals surface area contributed by atoms with E-state index in [-0.39, 0.29) is 5.97 Å². The molecule has 3 nitrogen and oxygen atoms in total. The molecule has 1 N–H and O–H groups in total. The van der Waals surface area contributed by atoms with Crippen LogP contribution in [0.1, 0.15) is 61.0 Å². The number of ether oxygens (including phenoxy) is 1. The highest BCUT2D eigenvalue weighted by Gasteiger charge is 2.12. The largest absolute Gasteiger partial charge is 0.462 e. The third-order valence-electron chi connectivity index (χ3n) is 4.18. The van der Waals surface area contributed by atoms with Gasteiger partial charge in [-0.05, 0) is 54.2 Å². The zero-order valence-electron chi connectivity index (χ0n) is 15.5. The van der Waals surface area contributed by atoms with Crippen LogP contribution < -0.4 is 5.32 Å². The Balaban J connectivity index is 1.83. The highest BCUT2D eigenvalue weighted by Crippen LogP contribution is 2.23. The van der Waals surface area contributed by atoms with E-state index in [2.05, 4.69) is 32.2 Å². The SMILES string of the molecule is CCCc1ccc(C(=O)OCCCNc2ccccc2)cc1C(C)C. The van der Waals surface area contributed by atoms with Crippen molar-refractivity contribution in [1.82, 2.24) is 0 Å². The first-order valence-electron chi connectivity index (χ1n) is 9.20. The fraction of sp³-hybridized carbons (Fsp3) is 0.409. The Hall–Kier alpha value is -2.29. The zero-order chi connectivity index (χ0) is 18.1. The van der Waals surface area contributed by atoms with Gasteiger partial charge >= 0.3 is 5.97 Å². The van der Waals surface area contributed by atoms with Gasteiger partial charge in [-0.2, -0.15) is 0 Å². The molecule has 0 aliphatic heterocycles. The van der Waals surface area contributed by atoms with Crippen molar-refractivity contribution < 1.29 is 9.53 Å². The summed E-state index contributed by atoms with van der Waals surface area (Å²) in [6, 6.07) is 16.0. The number of carbonyl (C=O) groups is 1. The Bertz CT molecular complexity index is 665. The molecule has 0 radical (unpaired) electrons. The first kappa shape index (κ1) is 19.0. The normalized spacial score (nSPS) is 10.7. The minimum Gasteiger partial charge on any atom is -0.462 e. The lowest BCUT2D eigenvalue weighted by Gasteiger charge is -2.14. The molecular weight excluding hydrogens is 310 g/mol. The van der Waals surface area contributed by atoms with Crippen molar-refractivity contribution >= 4 is 11.7 Å². The predicted octanol–water partition coefficient (Wildman–Crippen LogP) is 5.42. The van der Waals surface area contributed by atoms with Crippen LogP contribution in [0.15, 0.2) is 48.5 Å². The number of nitrogens with one attached hydrogen (secondary N) is 1. The molecular formula is C22H29NO2. The lowest BCUT2D eigenvalue weighted by atomic mass is 9.93. The van der Waals surface area contributed by atoms with Crippen molar-refractivity contribution in [2.24, 2.45) is 0 Å². The maximum absolute atomic E-state index is 12.3. The highest BCUT2D eigenvalue weighted by atomic mass is 16.5. The molecule has 0 aliphatic rings. The molecule has 0 amide bonds. The minimum absolute atomic E-state index is 0.232. The average molecular weight is 339 g/mol. The summed E-state index contributed by atoms with van der Waals surface area (Å²) in [5.74, 6) is 0.175. The van der Waals surface area contributed by atoms with Crippen LogP contribution in [0.2, 0.25) is 0 Å². The van der Waals surface area contributed by atoms with Crippen molar-refractivity contribution in [1.29, 1.82) is 0 Å². The summed E-state index contributed by atoms with van der Waals surface area (Å²) in [6.45, 7) is 7.71. The van der Waals surface area contributed by atoms with Gasteiger partial charge in [-0.3, -0.25) is 0 Å². The van der Waals surface area contributed by atoms with Gasteiger partial charge in [0.25, 0.3) is 0 Å². The fourth-order valence-corrected chi connectivity index (χ4v) is 2.87. The van der Waals surface area contributed by atoms with Gasteiger partial charge in [0.2, 0.25) is 0 Å². The number of carbonyl (C=O) groups excluding carboxylic acids is 1. The van der Waals surface area contributed by atoms with Crippen molar-refractivity contribution in [3.05, 3.63) is 65.2 Å². The van der Waals surface area contributed by atoms with E-state index in [9.17, 15) is 4.79 Å². The van der Waals surface area contributed by atoms with Crippen LogP contribution in [-0.2, 0) is 11.2 Å². The maximum Gasteiger partial charge on any atom is 0.338 e. The topological polar surface area (TPSA) is 38.3 Å². The maximum atomic E-state index is 12.3. The van der Waals surface area contributed by atoms with E-state index in [4.69, 9.17) is 4.74 Å². The number of hydrogen-bond donors (Lipinski definition) is 1. The molecule has 134 valence electrons. The summed E-state index contributed by atoms with van der Waals surface area (Å²) in [5, 5.41) is 3.31. The van der Waals surface area contributed by atoms with Crippen LogP contribution in [0.4, 0.5) is 5.69 Å². The Morgan fingerprint density at radius 2 is 1.88 bits per heavy atom. The van der Waals surface area contributed by atoms with E-state index in [0.29, 0.717) is 18.1 Å². The lowest BCUT2D eigenvalue weighted by Crippen LogP contribution is -2.11. The molecule has 2 rings (SSSR count). The molecule has 25 heavy (non-hydrogen) atoms. The van der Waals surface area contributed by atoms with E-state index in [1.54, 1.807) is 0 Å². The van der Waals surface area contributed by atoms with Crippen LogP contribution >= 0.6 is 0 Å². The number of benzene rings is 2. The molecule has 2 aromatic carbocycles. The summed E-state index contributed by atoms with van der Waals surface area (Å²) in [5.41, 5.74) is 4.32. The van der Waals surface area contributed by atoms with Gasteiger partial charge in [-0.25, -0.2) is 4.79 Å². The fourth-order valence-electron chi connectivity index (χ4n) is 2.87. The number of para-hydroxylation sites is 1. The number of anilines is 1. The molecule has 2 aromatic rings. The summed E-state index contributed by atoms with van der Waals surface area (Å²) in [6.07, 6.45) is 2.94. The molecule has 0 saturated carbocycles. The highest BCUT2D eigenvalue weighted by molar-refractivity contribution is 5.89. The number of hydrogen-bond acceptors (Lipinski definition) is 3. The molecule has 0 fully saturated rings. The Morgan fingerprint density at radius 3 is 2.56 bits per heavy atom. The first-order chi connectivity index (χ1) is 12.1. The summed E-state index contributed by atoms with van der Waals surface area (Å²) < 4.78 is 5.42. The van der Waals surface area contributed by atoms with Gasteiger partial charge in [0.15, 0.2) is 0 Å². The molecule has 0 atom stereocenters. The van der Waals surface area contributed by atoms with E-state index in [1.807, 2.05) is 42.5 Å². The van der Waals surface area contributed by atoms with E-state index in [0.717, 1.165) is 31.5 Å². The molecule has 0 unspecified atom stereocenters. The number of esters is 1. The van der Waals surface area contributed by atoms with Gasteiger partial charge in [0, 0.05) is 12.2 Å². The average Bonchev–Trinajstić information content (AvgIpc) is 2.62. The quantitative estimate of drug-likeness (QED) is 0.489. The zero-order valence-corrected chi connectivity index (χ0v) is 15.5. The molecule has 3 heteroatoms. The summed E-state index contributed by atoms with van der Waals surface area (Å²) in [4.78, 5) is 12.3. The minimum atomic E-state index is -0.232. The standard InChI is InChI=1S/C22H29NO2/c1-4-9-18-12-13-19(16-21(18)17(2)3)22(24)25-15-8-14-23-20-10-6-5-7-11-20/h5-7,10-13,16-17,23H,4,8-9,14-15H2,1-3H3. The van der Waals surface area contributed by atoms with Crippen LogP contribution in [0.25, 0.3) is 0 Å². The van der Waals surface area contributed by atoms with Crippen molar-refractivity contribution in [2.75, 3.05) is 18.5 Å². The van der Waals surface area contributed by atoms with Gasteiger partial charge in [0.05, 0.1) is 12.2 Å². The van der Waals surface area contributed by atoms with E-state index < -0.39 is 0 Å². The molecule has 0 aromatic heterocycles. The third-order valence-corrected chi connectivity index (χ3v) is 4.18. The number of rotatable bonds is 9. The third kappa shape index (κ3) is 5.93. The molecule has 0 spiro atoms. The Morgan fingerprint density at radius 1 is 1.12 bits per heavy atom. The second-order valence-electron chi connectivity index (χ2n) is 6.60. The second-order valence-corrected chi connectivity index (χ2v) is 6.60. The predicted molar refractivity (Wildman–Crippen MR) is 104 cm³/mol. The van der Waals surface area contributed by atoms with E-state index in [1.165, 1.54) is 11.1 Å². The van der Waals surface area contributed by atoms with Crippen molar-refractivity contribution in [3.63, 3.8) is 0 Å². The van der Waals surface area contributed by atoms with Crippen molar-refractivity contribution in [2.45, 2.75) is 46.0 Å². The van der Waals surface area contributed by atoms with Crippen LogP contribution in [0, 0.1) is 0 Å². The summed E-state index contributed by atoms with van der Waals surface area (Å²) >= 11 is 0. The Labute approximate surface area is 151 Å². The second kappa shape index (κ2) is 9.87. The molecule has 0 aliphatic carbocycles. The van der Waals surface area contributed by atoms with Gasteiger partial charge in [-0.1, -0.05) is 51.5 Å². The molecule has 0 heterocycles. The van der Waals surface area contributed by atoms with E-state index >= 15 is 0 Å². The first-order valence-corrected chi connectivity index (χ1v) is 9.20. The monoisotopic (exact) mass is 339 g/mol. The van der Waals surface area contributed by atoms with Gasteiger partial charge in [-0.15, -0.1) is 0 Å². The molecule has 0 saturated heterocycles. The smallest absolute Gasteiger partial charge is 0.338 e. The lowest BCUT2D eigenvalue weighted by molar-refractivity contribution is 0.0503. The van der Waals surface area contributed by atoms with Gasteiger partial charge < -0.3 is 10.1 Å². The summed E-state index contributed by atoms with van der Waals surface area (Å²) in [7, 11) is 0. The van der Waals surface area contributed by atoms with Crippen molar-refractivity contribution in [3.8, 4) is 0 Å². The number of aryl methyl sites for hydroxylation is 1. The molecule has 0 bridgehead atoms. The Kier molecular flexibility index (Phi) is 7.52. The van der Waals surface area contributed by atoms with Crippen LogP contribution in [0.3, 0.4) is 0 Å². The van der Waals surface area contributed by atoms with Crippen LogP contribution in [-0.4, -0.2) is 19.1 Å². The van der Waals surface area contributed by atoms with Crippen LogP contribution in [0.5, 0.6) is 0 Å². The van der Waals surface area contributed by atoms with Gasteiger partial charge in [0.1, 0.15) is 0 Å².